The Balaban J connectivity index is 1.34. The monoisotopic (exact) mass is 399 g/mol. The third kappa shape index (κ3) is 3.77. The van der Waals surface area contributed by atoms with Gasteiger partial charge in [-0.25, -0.2) is 9.97 Å². The van der Waals surface area contributed by atoms with Gasteiger partial charge in [-0.3, -0.25) is 14.3 Å². The first-order valence-corrected chi connectivity index (χ1v) is 10.4. The number of carbonyl (C=O) groups excluding carboxylic acids is 2. The number of hydrogen-bond donors (Lipinski definition) is 0. The summed E-state index contributed by atoms with van der Waals surface area (Å²) in [6.07, 6.45) is 4.90. The fourth-order valence-electron chi connectivity index (χ4n) is 4.31. The summed E-state index contributed by atoms with van der Waals surface area (Å²) in [6, 6.07) is 0. The summed E-state index contributed by atoms with van der Waals surface area (Å²) in [7, 11) is 1.87. The predicted molar refractivity (Wildman–Crippen MR) is 109 cm³/mol. The second-order valence-electron chi connectivity index (χ2n) is 8.27. The van der Waals surface area contributed by atoms with Gasteiger partial charge in [0.15, 0.2) is 5.65 Å². The largest absolute Gasteiger partial charge is 0.352 e. The highest BCUT2D eigenvalue weighted by molar-refractivity contribution is 5.87. The lowest BCUT2D eigenvalue weighted by molar-refractivity contribution is -0.142. The molecule has 29 heavy (non-hydrogen) atoms. The molecule has 2 aromatic heterocycles. The van der Waals surface area contributed by atoms with Crippen LogP contribution in [0, 0.1) is 11.8 Å². The highest BCUT2D eigenvalue weighted by atomic mass is 16.2. The van der Waals surface area contributed by atoms with Crippen molar-refractivity contribution in [2.45, 2.75) is 26.7 Å². The Kier molecular flexibility index (Phi) is 5.38. The van der Waals surface area contributed by atoms with Crippen LogP contribution >= 0.6 is 0 Å². The van der Waals surface area contributed by atoms with Gasteiger partial charge in [0.2, 0.25) is 11.8 Å². The van der Waals surface area contributed by atoms with Crippen LogP contribution in [0.15, 0.2) is 12.5 Å². The van der Waals surface area contributed by atoms with E-state index in [1.165, 1.54) is 0 Å². The maximum atomic E-state index is 13.0. The molecule has 0 bridgehead atoms. The molecule has 0 spiro atoms. The van der Waals surface area contributed by atoms with Crippen molar-refractivity contribution in [1.29, 1.82) is 0 Å². The van der Waals surface area contributed by atoms with Gasteiger partial charge < -0.3 is 14.7 Å². The Morgan fingerprint density at radius 2 is 1.69 bits per heavy atom. The first-order valence-electron chi connectivity index (χ1n) is 10.4. The van der Waals surface area contributed by atoms with Gasteiger partial charge in [0.25, 0.3) is 0 Å². The van der Waals surface area contributed by atoms with Crippen molar-refractivity contribution >= 4 is 28.7 Å². The van der Waals surface area contributed by atoms with E-state index in [0.717, 1.165) is 42.8 Å². The molecule has 0 unspecified atom stereocenters. The Morgan fingerprint density at radius 3 is 2.34 bits per heavy atom. The SMILES string of the molecule is CC(C)C(=O)N1CCC(C(=O)N2CCN(c3ncnc4c3cnn4C)CC2)CC1. The highest BCUT2D eigenvalue weighted by Crippen LogP contribution is 2.25. The molecule has 2 saturated heterocycles. The van der Waals surface area contributed by atoms with E-state index in [4.69, 9.17) is 0 Å². The topological polar surface area (TPSA) is 87.5 Å². The summed E-state index contributed by atoms with van der Waals surface area (Å²) in [6.45, 7) is 8.10. The van der Waals surface area contributed by atoms with Gasteiger partial charge in [0.1, 0.15) is 12.1 Å². The third-order valence-electron chi connectivity index (χ3n) is 6.05. The first-order chi connectivity index (χ1) is 14.0. The lowest BCUT2D eigenvalue weighted by atomic mass is 9.94. The summed E-state index contributed by atoms with van der Waals surface area (Å²) in [4.78, 5) is 40.0. The quantitative estimate of drug-likeness (QED) is 0.762. The number of amides is 2. The molecule has 9 nitrogen and oxygen atoms in total. The molecule has 0 atom stereocenters. The van der Waals surface area contributed by atoms with E-state index in [2.05, 4.69) is 20.0 Å². The molecule has 0 saturated carbocycles. The first kappa shape index (κ1) is 19.6. The van der Waals surface area contributed by atoms with Gasteiger partial charge in [-0.15, -0.1) is 0 Å². The maximum absolute atomic E-state index is 13.0. The van der Waals surface area contributed by atoms with Crippen LogP contribution in [0.4, 0.5) is 5.82 Å². The van der Waals surface area contributed by atoms with Crippen molar-refractivity contribution < 1.29 is 9.59 Å². The molecule has 0 aromatic carbocycles. The smallest absolute Gasteiger partial charge is 0.225 e. The minimum Gasteiger partial charge on any atom is -0.352 e. The van der Waals surface area contributed by atoms with E-state index in [0.29, 0.717) is 26.2 Å². The van der Waals surface area contributed by atoms with Crippen LogP contribution in [0.3, 0.4) is 0 Å². The number of nitrogens with zero attached hydrogens (tertiary/aromatic N) is 7. The molecule has 0 radical (unpaired) electrons. The van der Waals surface area contributed by atoms with E-state index >= 15 is 0 Å². The Bertz CT molecular complexity index is 893. The van der Waals surface area contributed by atoms with Crippen molar-refractivity contribution in [3.05, 3.63) is 12.5 Å². The van der Waals surface area contributed by atoms with Crippen LogP contribution in [0.25, 0.3) is 11.0 Å². The lowest BCUT2D eigenvalue weighted by Gasteiger charge is -2.39. The van der Waals surface area contributed by atoms with Crippen molar-refractivity contribution in [3.63, 3.8) is 0 Å². The van der Waals surface area contributed by atoms with Crippen molar-refractivity contribution in [2.24, 2.45) is 18.9 Å². The molecule has 2 fully saturated rings. The number of aromatic nitrogens is 4. The predicted octanol–water partition coefficient (Wildman–Crippen LogP) is 0.907. The average molecular weight is 399 g/mol. The van der Waals surface area contributed by atoms with Gasteiger partial charge in [0, 0.05) is 58.2 Å². The van der Waals surface area contributed by atoms with E-state index in [-0.39, 0.29) is 23.7 Å². The normalized spacial score (nSPS) is 18.7. The Labute approximate surface area is 170 Å². The number of carbonyl (C=O) groups is 2. The summed E-state index contributed by atoms with van der Waals surface area (Å²) < 4.78 is 1.75. The van der Waals surface area contributed by atoms with E-state index in [1.54, 1.807) is 17.2 Å². The number of piperazine rings is 1. The fraction of sp³-hybridized carbons (Fsp3) is 0.650. The van der Waals surface area contributed by atoms with E-state index in [1.807, 2.05) is 30.7 Å². The zero-order valence-corrected chi connectivity index (χ0v) is 17.4. The van der Waals surface area contributed by atoms with Crippen LogP contribution in [0.2, 0.25) is 0 Å². The Hall–Kier alpha value is -2.71. The summed E-state index contributed by atoms with van der Waals surface area (Å²) in [5.74, 6) is 1.35. The Morgan fingerprint density at radius 1 is 1.00 bits per heavy atom. The highest BCUT2D eigenvalue weighted by Gasteiger charge is 2.32. The number of fused-ring (bicyclic) bond motifs is 1. The number of likely N-dealkylation sites (tertiary alicyclic amines) is 1. The van der Waals surface area contributed by atoms with Crippen molar-refractivity contribution in [3.8, 4) is 0 Å². The van der Waals surface area contributed by atoms with E-state index < -0.39 is 0 Å². The minimum atomic E-state index is 0.0170. The zero-order chi connectivity index (χ0) is 20.5. The van der Waals surface area contributed by atoms with Gasteiger partial charge in [-0.05, 0) is 12.8 Å². The molecule has 9 heteroatoms. The average Bonchev–Trinajstić information content (AvgIpc) is 3.14. The van der Waals surface area contributed by atoms with E-state index in [9.17, 15) is 9.59 Å². The zero-order valence-electron chi connectivity index (χ0n) is 17.4. The van der Waals surface area contributed by atoms with Gasteiger partial charge in [0.05, 0.1) is 11.6 Å². The number of aryl methyl sites for hydroxylation is 1. The number of hydrogen-bond acceptors (Lipinski definition) is 6. The number of rotatable bonds is 3. The van der Waals surface area contributed by atoms with Crippen LogP contribution in [-0.2, 0) is 16.6 Å². The van der Waals surface area contributed by atoms with Crippen molar-refractivity contribution in [2.75, 3.05) is 44.2 Å². The molecule has 0 aliphatic carbocycles. The molecular weight excluding hydrogens is 370 g/mol. The molecule has 156 valence electrons. The van der Waals surface area contributed by atoms with Crippen LogP contribution in [-0.4, -0.2) is 80.6 Å². The molecule has 2 aromatic rings. The van der Waals surface area contributed by atoms with Gasteiger partial charge in [-0.1, -0.05) is 13.8 Å². The molecule has 2 amide bonds. The fourth-order valence-corrected chi connectivity index (χ4v) is 4.31. The molecule has 2 aliphatic heterocycles. The molecular formula is C20H29N7O2. The second kappa shape index (κ2) is 7.96. The third-order valence-corrected chi connectivity index (χ3v) is 6.05. The minimum absolute atomic E-state index is 0.0170. The van der Waals surface area contributed by atoms with Gasteiger partial charge in [-0.2, -0.15) is 5.10 Å². The number of anilines is 1. The summed E-state index contributed by atoms with van der Waals surface area (Å²) >= 11 is 0. The number of piperidine rings is 1. The summed E-state index contributed by atoms with van der Waals surface area (Å²) in [5, 5.41) is 5.22. The maximum Gasteiger partial charge on any atom is 0.225 e. The van der Waals surface area contributed by atoms with Crippen LogP contribution in [0.1, 0.15) is 26.7 Å². The second-order valence-corrected chi connectivity index (χ2v) is 8.27. The van der Waals surface area contributed by atoms with Gasteiger partial charge >= 0.3 is 0 Å². The summed E-state index contributed by atoms with van der Waals surface area (Å²) in [5.41, 5.74) is 0.816. The van der Waals surface area contributed by atoms with Crippen LogP contribution < -0.4 is 4.90 Å². The molecule has 2 aliphatic rings. The molecule has 0 N–H and O–H groups in total. The van der Waals surface area contributed by atoms with Crippen LogP contribution in [0.5, 0.6) is 0 Å². The standard InChI is InChI=1S/C20H29N7O2/c1-14(2)19(28)26-6-4-15(5-7-26)20(29)27-10-8-25(9-11-27)18-16-12-23-24(3)17(16)21-13-22-18/h12-15H,4-11H2,1-3H3. The molecule has 4 heterocycles. The lowest BCUT2D eigenvalue weighted by Crippen LogP contribution is -2.52. The molecule has 4 rings (SSSR count). The van der Waals surface area contributed by atoms with Crippen molar-refractivity contribution in [1.82, 2.24) is 29.5 Å².